The SMILES string of the molecule is CCCNC(C=C(C)C)c1cn(C)nc1C. The van der Waals surface area contributed by atoms with E-state index < -0.39 is 0 Å². The van der Waals surface area contributed by atoms with Crippen LogP contribution in [0.2, 0.25) is 0 Å². The first kappa shape index (κ1) is 13.0. The van der Waals surface area contributed by atoms with E-state index in [1.165, 1.54) is 11.1 Å². The Bertz CT molecular complexity index is 359. The smallest absolute Gasteiger partial charge is 0.0644 e. The molecule has 3 nitrogen and oxygen atoms in total. The van der Waals surface area contributed by atoms with E-state index in [9.17, 15) is 0 Å². The van der Waals surface area contributed by atoms with Gasteiger partial charge in [0.15, 0.2) is 0 Å². The number of rotatable bonds is 5. The molecular weight excluding hydrogens is 198 g/mol. The highest BCUT2D eigenvalue weighted by atomic mass is 15.3. The largest absolute Gasteiger partial charge is 0.307 e. The molecule has 0 aliphatic heterocycles. The van der Waals surface area contributed by atoms with Gasteiger partial charge < -0.3 is 5.32 Å². The minimum atomic E-state index is 0.290. The van der Waals surface area contributed by atoms with E-state index in [1.807, 2.05) is 11.7 Å². The van der Waals surface area contributed by atoms with Crippen molar-refractivity contribution in [3.05, 3.63) is 29.1 Å². The zero-order chi connectivity index (χ0) is 12.1. The standard InChI is InChI=1S/C13H23N3/c1-6-7-14-13(8-10(2)3)12-9-16(5)15-11(12)4/h8-9,13-14H,6-7H2,1-5H3. The van der Waals surface area contributed by atoms with Gasteiger partial charge in [-0.15, -0.1) is 0 Å². The predicted octanol–water partition coefficient (Wildman–Crippen LogP) is 2.74. The van der Waals surface area contributed by atoms with Crippen LogP contribution < -0.4 is 5.32 Å². The van der Waals surface area contributed by atoms with Gasteiger partial charge in [-0.05, 0) is 33.7 Å². The Balaban J connectivity index is 2.91. The molecule has 1 heterocycles. The van der Waals surface area contributed by atoms with Crippen LogP contribution in [-0.4, -0.2) is 16.3 Å². The van der Waals surface area contributed by atoms with Crippen LogP contribution in [0.4, 0.5) is 0 Å². The molecule has 0 amide bonds. The molecule has 0 saturated carbocycles. The van der Waals surface area contributed by atoms with Crippen LogP contribution in [0, 0.1) is 6.92 Å². The summed E-state index contributed by atoms with van der Waals surface area (Å²) in [5.74, 6) is 0. The zero-order valence-corrected chi connectivity index (χ0v) is 11.0. The number of nitrogens with zero attached hydrogens (tertiary/aromatic N) is 2. The third-order valence-corrected chi connectivity index (χ3v) is 2.50. The van der Waals surface area contributed by atoms with E-state index in [1.54, 1.807) is 0 Å². The average molecular weight is 221 g/mol. The van der Waals surface area contributed by atoms with Crippen molar-refractivity contribution in [1.29, 1.82) is 0 Å². The number of aromatic nitrogens is 2. The Morgan fingerprint density at radius 1 is 1.56 bits per heavy atom. The van der Waals surface area contributed by atoms with Gasteiger partial charge >= 0.3 is 0 Å². The molecule has 1 N–H and O–H groups in total. The molecule has 1 aromatic rings. The molecule has 1 aromatic heterocycles. The topological polar surface area (TPSA) is 29.9 Å². The molecule has 0 fully saturated rings. The quantitative estimate of drug-likeness (QED) is 0.775. The van der Waals surface area contributed by atoms with Crippen LogP contribution in [0.15, 0.2) is 17.8 Å². The van der Waals surface area contributed by atoms with E-state index in [-0.39, 0.29) is 0 Å². The van der Waals surface area contributed by atoms with Crippen LogP contribution in [0.25, 0.3) is 0 Å². The second-order valence-corrected chi connectivity index (χ2v) is 4.52. The van der Waals surface area contributed by atoms with Crippen molar-refractivity contribution in [3.8, 4) is 0 Å². The Morgan fingerprint density at radius 3 is 2.69 bits per heavy atom. The highest BCUT2D eigenvalue weighted by Gasteiger charge is 2.13. The zero-order valence-electron chi connectivity index (χ0n) is 11.0. The van der Waals surface area contributed by atoms with E-state index >= 15 is 0 Å². The van der Waals surface area contributed by atoms with Gasteiger partial charge in [0.05, 0.1) is 11.7 Å². The molecule has 1 rings (SSSR count). The van der Waals surface area contributed by atoms with Crippen molar-refractivity contribution < 1.29 is 0 Å². The number of aryl methyl sites for hydroxylation is 2. The molecule has 90 valence electrons. The maximum Gasteiger partial charge on any atom is 0.0644 e. The summed E-state index contributed by atoms with van der Waals surface area (Å²) in [5.41, 5.74) is 3.71. The highest BCUT2D eigenvalue weighted by Crippen LogP contribution is 2.19. The molecular formula is C13H23N3. The molecule has 0 spiro atoms. The van der Waals surface area contributed by atoms with Crippen molar-refractivity contribution in [2.24, 2.45) is 7.05 Å². The van der Waals surface area contributed by atoms with Gasteiger partial charge in [-0.2, -0.15) is 5.10 Å². The number of nitrogens with one attached hydrogen (secondary N) is 1. The number of hydrogen-bond acceptors (Lipinski definition) is 2. The Kier molecular flexibility index (Phi) is 4.74. The van der Waals surface area contributed by atoms with E-state index in [0.29, 0.717) is 6.04 Å². The van der Waals surface area contributed by atoms with E-state index in [0.717, 1.165) is 18.7 Å². The van der Waals surface area contributed by atoms with Crippen molar-refractivity contribution in [2.45, 2.75) is 40.2 Å². The van der Waals surface area contributed by atoms with Crippen LogP contribution in [-0.2, 0) is 7.05 Å². The van der Waals surface area contributed by atoms with Gasteiger partial charge in [-0.25, -0.2) is 0 Å². The van der Waals surface area contributed by atoms with Gasteiger partial charge in [0, 0.05) is 18.8 Å². The minimum absolute atomic E-state index is 0.290. The molecule has 1 unspecified atom stereocenters. The first-order valence-corrected chi connectivity index (χ1v) is 5.93. The normalized spacial score (nSPS) is 12.6. The van der Waals surface area contributed by atoms with Crippen LogP contribution in [0.1, 0.15) is 44.5 Å². The van der Waals surface area contributed by atoms with Gasteiger partial charge in [0.2, 0.25) is 0 Å². The fourth-order valence-corrected chi connectivity index (χ4v) is 1.82. The Hall–Kier alpha value is -1.09. The molecule has 0 radical (unpaired) electrons. The summed E-state index contributed by atoms with van der Waals surface area (Å²) in [6.07, 6.45) is 5.51. The molecule has 0 saturated heterocycles. The van der Waals surface area contributed by atoms with Gasteiger partial charge in [0.25, 0.3) is 0 Å². The van der Waals surface area contributed by atoms with E-state index in [4.69, 9.17) is 0 Å². The lowest BCUT2D eigenvalue weighted by Crippen LogP contribution is -2.21. The first-order valence-electron chi connectivity index (χ1n) is 5.93. The van der Waals surface area contributed by atoms with Gasteiger partial charge in [-0.3, -0.25) is 4.68 Å². The van der Waals surface area contributed by atoms with Crippen LogP contribution >= 0.6 is 0 Å². The lowest BCUT2D eigenvalue weighted by Gasteiger charge is -2.14. The summed E-state index contributed by atoms with van der Waals surface area (Å²) in [7, 11) is 1.97. The third kappa shape index (κ3) is 3.49. The van der Waals surface area contributed by atoms with Crippen molar-refractivity contribution in [1.82, 2.24) is 15.1 Å². The molecule has 0 aromatic carbocycles. The summed E-state index contributed by atoms with van der Waals surface area (Å²) in [5, 5.41) is 7.94. The molecule has 1 atom stereocenters. The van der Waals surface area contributed by atoms with E-state index in [2.05, 4.69) is 50.4 Å². The molecule has 0 aliphatic carbocycles. The Labute approximate surface area is 98.5 Å². The summed E-state index contributed by atoms with van der Waals surface area (Å²) in [6.45, 7) is 9.54. The molecule has 3 heteroatoms. The second kappa shape index (κ2) is 5.85. The maximum absolute atomic E-state index is 4.39. The number of allylic oxidation sites excluding steroid dienone is 1. The Morgan fingerprint density at radius 2 is 2.25 bits per heavy atom. The lowest BCUT2D eigenvalue weighted by molar-refractivity contribution is 0.607. The second-order valence-electron chi connectivity index (χ2n) is 4.52. The van der Waals surface area contributed by atoms with Crippen molar-refractivity contribution in [2.75, 3.05) is 6.54 Å². The maximum atomic E-state index is 4.39. The van der Waals surface area contributed by atoms with Crippen molar-refractivity contribution >= 4 is 0 Å². The van der Waals surface area contributed by atoms with Crippen LogP contribution in [0.5, 0.6) is 0 Å². The summed E-state index contributed by atoms with van der Waals surface area (Å²) in [4.78, 5) is 0. The average Bonchev–Trinajstić information content (AvgIpc) is 2.52. The first-order chi connectivity index (χ1) is 7.54. The lowest BCUT2D eigenvalue weighted by atomic mass is 10.1. The fourth-order valence-electron chi connectivity index (χ4n) is 1.82. The molecule has 0 bridgehead atoms. The van der Waals surface area contributed by atoms with Gasteiger partial charge in [0.1, 0.15) is 0 Å². The monoisotopic (exact) mass is 221 g/mol. The molecule has 0 aliphatic rings. The predicted molar refractivity (Wildman–Crippen MR) is 68.4 cm³/mol. The highest BCUT2D eigenvalue weighted by molar-refractivity contribution is 5.25. The van der Waals surface area contributed by atoms with Gasteiger partial charge in [-0.1, -0.05) is 18.6 Å². The summed E-state index contributed by atoms with van der Waals surface area (Å²) in [6, 6.07) is 0.290. The van der Waals surface area contributed by atoms with Crippen LogP contribution in [0.3, 0.4) is 0 Å². The fraction of sp³-hybridized carbons (Fsp3) is 0.615. The summed E-state index contributed by atoms with van der Waals surface area (Å²) < 4.78 is 1.88. The summed E-state index contributed by atoms with van der Waals surface area (Å²) >= 11 is 0. The third-order valence-electron chi connectivity index (χ3n) is 2.50. The molecule has 16 heavy (non-hydrogen) atoms. The minimum Gasteiger partial charge on any atom is -0.307 e. The van der Waals surface area contributed by atoms with Crippen molar-refractivity contribution in [3.63, 3.8) is 0 Å². The number of hydrogen-bond donors (Lipinski definition) is 1.